The Morgan fingerprint density at radius 1 is 0.780 bits per heavy atom. The van der Waals surface area contributed by atoms with Gasteiger partial charge in [0.1, 0.15) is 23.4 Å². The molecule has 8 heteroatoms. The van der Waals surface area contributed by atoms with E-state index < -0.39 is 18.2 Å². The van der Waals surface area contributed by atoms with Gasteiger partial charge in [0.2, 0.25) is 0 Å². The standard InChI is InChI=1S/C33H25NO7/c35-29(40-31-28-17-25-30(39-28)32(31)41-33(25)36)18-37-20-13-15-22(16-14-20)38-21-11-9-19(10-12-21)34-26-7-3-1-5-23(26)24-6-2-4-8-27(24)34/h1-16,25,28,30-32H,17-18H2. The van der Waals surface area contributed by atoms with Gasteiger partial charge in [0.25, 0.3) is 0 Å². The third-order valence-corrected chi connectivity index (χ3v) is 8.14. The van der Waals surface area contributed by atoms with E-state index >= 15 is 0 Å². The van der Waals surface area contributed by atoms with Gasteiger partial charge in [-0.3, -0.25) is 4.79 Å². The predicted octanol–water partition coefficient (Wildman–Crippen LogP) is 5.58. The van der Waals surface area contributed by atoms with Crippen molar-refractivity contribution in [2.24, 2.45) is 5.92 Å². The molecular formula is C33H25NO7. The maximum Gasteiger partial charge on any atom is 0.344 e. The highest BCUT2D eigenvalue weighted by Gasteiger charge is 2.65. The third kappa shape index (κ3) is 4.02. The van der Waals surface area contributed by atoms with Crippen LogP contribution in [-0.2, 0) is 23.8 Å². The first-order valence-electron chi connectivity index (χ1n) is 13.7. The number of carbonyl (C=O) groups is 2. The summed E-state index contributed by atoms with van der Waals surface area (Å²) in [6.45, 7) is -0.262. The number of rotatable bonds is 7. The van der Waals surface area contributed by atoms with Crippen LogP contribution in [0.1, 0.15) is 6.42 Å². The second-order valence-electron chi connectivity index (χ2n) is 10.6. The molecule has 5 atom stereocenters. The fourth-order valence-corrected chi connectivity index (χ4v) is 6.31. The molecule has 0 saturated carbocycles. The lowest BCUT2D eigenvalue weighted by atomic mass is 9.88. The summed E-state index contributed by atoms with van der Waals surface area (Å²) in [6, 6.07) is 31.8. The second-order valence-corrected chi connectivity index (χ2v) is 10.6. The molecule has 0 spiro atoms. The monoisotopic (exact) mass is 547 g/mol. The van der Waals surface area contributed by atoms with Gasteiger partial charge in [-0.15, -0.1) is 0 Å². The van der Waals surface area contributed by atoms with Gasteiger partial charge in [0.05, 0.1) is 23.1 Å². The van der Waals surface area contributed by atoms with Crippen LogP contribution in [-0.4, -0.2) is 47.5 Å². The summed E-state index contributed by atoms with van der Waals surface area (Å²) in [5, 5.41) is 2.44. The van der Waals surface area contributed by atoms with E-state index in [2.05, 4.69) is 53.1 Å². The SMILES string of the molecule is O=C(COc1ccc(Oc2ccc(-n3c4ccccc4c4ccccc43)cc2)cc1)OC1C2CC3C(=O)OC1C3O2. The van der Waals surface area contributed by atoms with E-state index in [1.54, 1.807) is 24.3 Å². The van der Waals surface area contributed by atoms with Crippen LogP contribution in [0.15, 0.2) is 97.1 Å². The molecule has 0 aliphatic carbocycles. The minimum Gasteiger partial charge on any atom is -0.482 e. The number of aromatic nitrogens is 1. The topological polar surface area (TPSA) is 85.2 Å². The minimum absolute atomic E-state index is 0.227. The van der Waals surface area contributed by atoms with Crippen molar-refractivity contribution in [1.82, 2.24) is 4.57 Å². The molecule has 8 nitrogen and oxygen atoms in total. The van der Waals surface area contributed by atoms with Gasteiger partial charge in [-0.1, -0.05) is 36.4 Å². The summed E-state index contributed by atoms with van der Waals surface area (Å²) in [5.74, 6) is 0.825. The molecule has 41 heavy (non-hydrogen) atoms. The van der Waals surface area contributed by atoms with E-state index in [9.17, 15) is 9.59 Å². The second kappa shape index (κ2) is 9.38. The van der Waals surface area contributed by atoms with Gasteiger partial charge < -0.3 is 28.3 Å². The molecule has 0 amide bonds. The van der Waals surface area contributed by atoms with E-state index in [4.69, 9.17) is 23.7 Å². The zero-order valence-electron chi connectivity index (χ0n) is 21.8. The molecular weight excluding hydrogens is 522 g/mol. The molecule has 3 aliphatic heterocycles. The highest BCUT2D eigenvalue weighted by molar-refractivity contribution is 6.09. The van der Waals surface area contributed by atoms with Crippen LogP contribution in [0, 0.1) is 5.92 Å². The Balaban J connectivity index is 0.904. The molecule has 8 rings (SSSR count). The van der Waals surface area contributed by atoms with Crippen molar-refractivity contribution in [2.45, 2.75) is 30.8 Å². The smallest absolute Gasteiger partial charge is 0.344 e. The van der Waals surface area contributed by atoms with Gasteiger partial charge in [0, 0.05) is 16.5 Å². The maximum atomic E-state index is 12.4. The largest absolute Gasteiger partial charge is 0.482 e. The molecule has 2 bridgehead atoms. The van der Waals surface area contributed by atoms with Gasteiger partial charge >= 0.3 is 11.9 Å². The Morgan fingerprint density at radius 2 is 1.39 bits per heavy atom. The molecule has 3 fully saturated rings. The number of hydrogen-bond donors (Lipinski definition) is 0. The first-order chi connectivity index (χ1) is 20.1. The van der Waals surface area contributed by atoms with Crippen molar-refractivity contribution >= 4 is 33.7 Å². The van der Waals surface area contributed by atoms with E-state index in [1.165, 1.54) is 10.8 Å². The zero-order valence-corrected chi connectivity index (χ0v) is 21.8. The maximum absolute atomic E-state index is 12.4. The van der Waals surface area contributed by atoms with Crippen LogP contribution < -0.4 is 9.47 Å². The fraction of sp³-hybridized carbons (Fsp3) is 0.212. The van der Waals surface area contributed by atoms with E-state index in [-0.39, 0.29) is 30.7 Å². The van der Waals surface area contributed by atoms with E-state index in [1.807, 2.05) is 24.3 Å². The molecule has 3 saturated heterocycles. The lowest BCUT2D eigenvalue weighted by Gasteiger charge is -2.22. The average molecular weight is 548 g/mol. The molecule has 4 aromatic carbocycles. The van der Waals surface area contributed by atoms with E-state index in [0.29, 0.717) is 23.7 Å². The quantitative estimate of drug-likeness (QED) is 0.246. The number of para-hydroxylation sites is 2. The molecule has 204 valence electrons. The summed E-state index contributed by atoms with van der Waals surface area (Å²) in [4.78, 5) is 24.2. The number of ether oxygens (including phenoxy) is 5. The van der Waals surface area contributed by atoms with Crippen LogP contribution in [0.3, 0.4) is 0 Å². The summed E-state index contributed by atoms with van der Waals surface area (Å²) in [6.07, 6.45) is -1.15. The molecule has 3 aliphatic rings. The zero-order chi connectivity index (χ0) is 27.5. The first kappa shape index (κ1) is 24.0. The van der Waals surface area contributed by atoms with Crippen LogP contribution in [0.25, 0.3) is 27.5 Å². The van der Waals surface area contributed by atoms with Crippen LogP contribution in [0.5, 0.6) is 17.2 Å². The van der Waals surface area contributed by atoms with Crippen molar-refractivity contribution in [3.8, 4) is 22.9 Å². The van der Waals surface area contributed by atoms with Crippen molar-refractivity contribution in [3.05, 3.63) is 97.1 Å². The average Bonchev–Trinajstić information content (AvgIpc) is 3.72. The van der Waals surface area contributed by atoms with Gasteiger partial charge in [-0.2, -0.15) is 0 Å². The number of nitrogens with zero attached hydrogens (tertiary/aromatic N) is 1. The lowest BCUT2D eigenvalue weighted by Crippen LogP contribution is -2.40. The normalized spacial score (nSPS) is 24.1. The molecule has 4 heterocycles. The van der Waals surface area contributed by atoms with Crippen molar-refractivity contribution in [2.75, 3.05) is 6.61 Å². The summed E-state index contributed by atoms with van der Waals surface area (Å²) >= 11 is 0. The summed E-state index contributed by atoms with van der Waals surface area (Å²) < 4.78 is 30.5. The Kier molecular flexibility index (Phi) is 5.50. The van der Waals surface area contributed by atoms with Gasteiger partial charge in [-0.05, 0) is 67.1 Å². The van der Waals surface area contributed by atoms with E-state index in [0.717, 1.165) is 16.7 Å². The highest BCUT2D eigenvalue weighted by atomic mass is 16.7. The number of hydrogen-bond acceptors (Lipinski definition) is 7. The number of benzene rings is 4. The fourth-order valence-electron chi connectivity index (χ4n) is 6.31. The first-order valence-corrected chi connectivity index (χ1v) is 13.7. The van der Waals surface area contributed by atoms with Crippen LogP contribution in [0.4, 0.5) is 0 Å². The predicted molar refractivity (Wildman–Crippen MR) is 149 cm³/mol. The van der Waals surface area contributed by atoms with Crippen molar-refractivity contribution in [3.63, 3.8) is 0 Å². The van der Waals surface area contributed by atoms with Crippen molar-refractivity contribution in [1.29, 1.82) is 0 Å². The Bertz CT molecular complexity index is 1740. The van der Waals surface area contributed by atoms with Crippen LogP contribution >= 0.6 is 0 Å². The number of carbonyl (C=O) groups excluding carboxylic acids is 2. The molecule has 0 N–H and O–H groups in total. The molecule has 1 aromatic heterocycles. The Morgan fingerprint density at radius 3 is 2.07 bits per heavy atom. The van der Waals surface area contributed by atoms with Crippen molar-refractivity contribution < 1.29 is 33.3 Å². The molecule has 0 radical (unpaired) electrons. The third-order valence-electron chi connectivity index (χ3n) is 8.14. The molecule has 5 unspecified atom stereocenters. The molecule has 5 aromatic rings. The lowest BCUT2D eigenvalue weighted by molar-refractivity contribution is -0.162. The Hall–Kier alpha value is -4.82. The minimum atomic E-state index is -0.573. The Labute approximate surface area is 234 Å². The highest BCUT2D eigenvalue weighted by Crippen LogP contribution is 2.47. The summed E-state index contributed by atoms with van der Waals surface area (Å²) in [7, 11) is 0. The summed E-state index contributed by atoms with van der Waals surface area (Å²) in [5.41, 5.74) is 3.36. The van der Waals surface area contributed by atoms with Crippen LogP contribution in [0.2, 0.25) is 0 Å². The van der Waals surface area contributed by atoms with Gasteiger partial charge in [0.15, 0.2) is 18.8 Å². The number of esters is 2. The van der Waals surface area contributed by atoms with Gasteiger partial charge in [-0.25, -0.2) is 4.79 Å². The number of fused-ring (bicyclic) bond motifs is 4.